The topological polar surface area (TPSA) is 45.8 Å². The molecule has 3 heteroatoms. The van der Waals surface area contributed by atoms with Crippen LogP contribution in [0.25, 0.3) is 22.3 Å². The third-order valence-corrected chi connectivity index (χ3v) is 3.31. The summed E-state index contributed by atoms with van der Waals surface area (Å²) >= 11 is 0. The lowest BCUT2D eigenvalue weighted by molar-refractivity contribution is 1.20. The summed E-state index contributed by atoms with van der Waals surface area (Å²) in [6.07, 6.45) is 0. The van der Waals surface area contributed by atoms with E-state index < -0.39 is 0 Å². The quantitative estimate of drug-likeness (QED) is 0.720. The van der Waals surface area contributed by atoms with Gasteiger partial charge in [-0.1, -0.05) is 42.5 Å². The van der Waals surface area contributed by atoms with Crippen LogP contribution in [0.2, 0.25) is 0 Å². The molecule has 0 aliphatic carbocycles. The maximum absolute atomic E-state index is 12.2. The van der Waals surface area contributed by atoms with Gasteiger partial charge in [-0.05, 0) is 25.0 Å². The molecule has 1 heterocycles. The van der Waals surface area contributed by atoms with Gasteiger partial charge in [-0.2, -0.15) is 0 Å². The Morgan fingerprint density at radius 1 is 0.947 bits per heavy atom. The van der Waals surface area contributed by atoms with E-state index in [1.165, 1.54) is 0 Å². The third kappa shape index (κ3) is 1.93. The van der Waals surface area contributed by atoms with Gasteiger partial charge in [0.1, 0.15) is 5.69 Å². The van der Waals surface area contributed by atoms with Gasteiger partial charge in [0.05, 0.1) is 11.0 Å². The van der Waals surface area contributed by atoms with Crippen molar-refractivity contribution in [2.75, 3.05) is 0 Å². The number of rotatable bonds is 1. The second-order valence-electron chi connectivity index (χ2n) is 4.70. The van der Waals surface area contributed by atoms with Gasteiger partial charge in [0.25, 0.3) is 5.56 Å². The number of hydrogen-bond acceptors (Lipinski definition) is 2. The molecule has 0 radical (unpaired) electrons. The van der Waals surface area contributed by atoms with E-state index in [0.29, 0.717) is 5.69 Å². The van der Waals surface area contributed by atoms with E-state index in [1.54, 1.807) is 0 Å². The van der Waals surface area contributed by atoms with Gasteiger partial charge in [-0.25, -0.2) is 4.98 Å². The Balaban J connectivity index is 2.37. The first kappa shape index (κ1) is 11.7. The molecular weight excluding hydrogens is 236 g/mol. The van der Waals surface area contributed by atoms with Crippen LogP contribution in [-0.2, 0) is 0 Å². The van der Waals surface area contributed by atoms with Crippen LogP contribution >= 0.6 is 0 Å². The Morgan fingerprint density at radius 3 is 2.37 bits per heavy atom. The van der Waals surface area contributed by atoms with Crippen molar-refractivity contribution in [3.05, 3.63) is 63.9 Å². The molecule has 1 N–H and O–H groups in total. The van der Waals surface area contributed by atoms with Crippen molar-refractivity contribution in [2.24, 2.45) is 0 Å². The average molecular weight is 250 g/mol. The summed E-state index contributed by atoms with van der Waals surface area (Å²) in [7, 11) is 0. The predicted octanol–water partition coefficient (Wildman–Crippen LogP) is 3.21. The zero-order valence-corrected chi connectivity index (χ0v) is 10.9. The summed E-state index contributed by atoms with van der Waals surface area (Å²) in [4.78, 5) is 19.7. The molecule has 1 aromatic heterocycles. The number of nitrogens with one attached hydrogen (secondary N) is 1. The van der Waals surface area contributed by atoms with Gasteiger partial charge in [-0.3, -0.25) is 4.79 Å². The average Bonchev–Trinajstić information content (AvgIpc) is 2.44. The van der Waals surface area contributed by atoms with Crippen LogP contribution < -0.4 is 5.56 Å². The third-order valence-electron chi connectivity index (χ3n) is 3.31. The summed E-state index contributed by atoms with van der Waals surface area (Å²) in [5, 5.41) is 0. The summed E-state index contributed by atoms with van der Waals surface area (Å²) < 4.78 is 0. The van der Waals surface area contributed by atoms with E-state index in [1.807, 2.05) is 56.3 Å². The van der Waals surface area contributed by atoms with Crippen molar-refractivity contribution in [1.82, 2.24) is 9.97 Å². The standard InChI is InChI=1S/C16H14N2O/c1-10-8-9-11(2)14-13(10)17-15(16(19)18-14)12-6-4-3-5-7-12/h3-9H,1-2H3,(H,18,19). The smallest absolute Gasteiger partial charge is 0.274 e. The fourth-order valence-corrected chi connectivity index (χ4v) is 2.23. The number of H-pyrrole nitrogens is 1. The lowest BCUT2D eigenvalue weighted by atomic mass is 10.1. The Morgan fingerprint density at radius 2 is 1.63 bits per heavy atom. The summed E-state index contributed by atoms with van der Waals surface area (Å²) in [5.41, 5.74) is 4.95. The Labute approximate surface area is 111 Å². The molecule has 94 valence electrons. The van der Waals surface area contributed by atoms with Gasteiger partial charge in [-0.15, -0.1) is 0 Å². The molecule has 0 amide bonds. The van der Waals surface area contributed by atoms with Crippen molar-refractivity contribution in [3.63, 3.8) is 0 Å². The number of benzene rings is 2. The molecule has 2 aromatic carbocycles. The van der Waals surface area contributed by atoms with Crippen molar-refractivity contribution in [1.29, 1.82) is 0 Å². The number of hydrogen-bond donors (Lipinski definition) is 1. The van der Waals surface area contributed by atoms with Crippen LogP contribution in [0, 0.1) is 13.8 Å². The summed E-state index contributed by atoms with van der Waals surface area (Å²) in [6.45, 7) is 3.98. The van der Waals surface area contributed by atoms with Crippen molar-refractivity contribution in [2.45, 2.75) is 13.8 Å². The normalized spacial score (nSPS) is 10.8. The molecule has 0 saturated carbocycles. The van der Waals surface area contributed by atoms with E-state index in [4.69, 9.17) is 0 Å². The van der Waals surface area contributed by atoms with Gasteiger partial charge >= 0.3 is 0 Å². The molecule has 19 heavy (non-hydrogen) atoms. The lowest BCUT2D eigenvalue weighted by Crippen LogP contribution is -2.12. The number of aromatic amines is 1. The van der Waals surface area contributed by atoms with Crippen LogP contribution in [0.4, 0.5) is 0 Å². The van der Waals surface area contributed by atoms with Crippen LogP contribution in [-0.4, -0.2) is 9.97 Å². The fraction of sp³-hybridized carbons (Fsp3) is 0.125. The van der Waals surface area contributed by atoms with Gasteiger partial charge in [0, 0.05) is 5.56 Å². The molecule has 3 nitrogen and oxygen atoms in total. The molecule has 3 aromatic rings. The molecule has 0 bridgehead atoms. The fourth-order valence-electron chi connectivity index (χ4n) is 2.23. The van der Waals surface area contributed by atoms with Crippen molar-refractivity contribution < 1.29 is 0 Å². The first-order chi connectivity index (χ1) is 9.16. The molecule has 0 spiro atoms. The highest BCUT2D eigenvalue weighted by Crippen LogP contribution is 2.20. The highest BCUT2D eigenvalue weighted by Gasteiger charge is 2.09. The van der Waals surface area contributed by atoms with Crippen LogP contribution in [0.3, 0.4) is 0 Å². The van der Waals surface area contributed by atoms with Crippen molar-refractivity contribution in [3.8, 4) is 11.3 Å². The molecule has 0 aliphatic rings. The van der Waals surface area contributed by atoms with Crippen LogP contribution in [0.1, 0.15) is 11.1 Å². The minimum atomic E-state index is -0.146. The molecule has 3 rings (SSSR count). The van der Waals surface area contributed by atoms with Gasteiger partial charge < -0.3 is 4.98 Å². The van der Waals surface area contributed by atoms with E-state index in [-0.39, 0.29) is 5.56 Å². The molecule has 0 fully saturated rings. The number of nitrogens with zero attached hydrogens (tertiary/aromatic N) is 1. The highest BCUT2D eigenvalue weighted by molar-refractivity contribution is 5.82. The molecule has 0 atom stereocenters. The largest absolute Gasteiger partial charge is 0.318 e. The minimum Gasteiger partial charge on any atom is -0.318 e. The second kappa shape index (κ2) is 4.35. The molecular formula is C16H14N2O. The van der Waals surface area contributed by atoms with E-state index in [0.717, 1.165) is 27.7 Å². The summed E-state index contributed by atoms with van der Waals surface area (Å²) in [6, 6.07) is 13.6. The predicted molar refractivity (Wildman–Crippen MR) is 77.3 cm³/mol. The monoisotopic (exact) mass is 250 g/mol. The lowest BCUT2D eigenvalue weighted by Gasteiger charge is -2.07. The van der Waals surface area contributed by atoms with E-state index in [2.05, 4.69) is 9.97 Å². The van der Waals surface area contributed by atoms with Crippen molar-refractivity contribution >= 4 is 11.0 Å². The number of fused-ring (bicyclic) bond motifs is 1. The van der Waals surface area contributed by atoms with Gasteiger partial charge in [0.15, 0.2) is 0 Å². The molecule has 0 saturated heterocycles. The number of aryl methyl sites for hydroxylation is 2. The van der Waals surface area contributed by atoms with Gasteiger partial charge in [0.2, 0.25) is 0 Å². The van der Waals surface area contributed by atoms with Crippen LogP contribution in [0.5, 0.6) is 0 Å². The molecule has 0 aliphatic heterocycles. The first-order valence-corrected chi connectivity index (χ1v) is 6.22. The minimum absolute atomic E-state index is 0.146. The first-order valence-electron chi connectivity index (χ1n) is 6.22. The maximum Gasteiger partial charge on any atom is 0.274 e. The van der Waals surface area contributed by atoms with Crippen LogP contribution in [0.15, 0.2) is 47.3 Å². The Kier molecular flexibility index (Phi) is 2.67. The van der Waals surface area contributed by atoms with E-state index >= 15 is 0 Å². The van der Waals surface area contributed by atoms with E-state index in [9.17, 15) is 4.79 Å². The summed E-state index contributed by atoms with van der Waals surface area (Å²) in [5.74, 6) is 0. The zero-order chi connectivity index (χ0) is 13.4. The Hall–Kier alpha value is -2.42. The maximum atomic E-state index is 12.2. The SMILES string of the molecule is Cc1ccc(C)c2[nH]c(=O)c(-c3ccccc3)nc12. The highest BCUT2D eigenvalue weighted by atomic mass is 16.1. The molecule has 0 unspecified atom stereocenters. The number of aromatic nitrogens is 2. The second-order valence-corrected chi connectivity index (χ2v) is 4.70. The zero-order valence-electron chi connectivity index (χ0n) is 10.9. The Bertz CT molecular complexity index is 804.